The van der Waals surface area contributed by atoms with Crippen molar-refractivity contribution >= 4 is 25.7 Å². The maximum atomic E-state index is 12.9. The predicted molar refractivity (Wildman–Crippen MR) is 307 cm³/mol. The van der Waals surface area contributed by atoms with Crippen molar-refractivity contribution < 1.29 is 52.2 Å². The quantitative estimate of drug-likeness (QED) is 0.0197. The van der Waals surface area contributed by atoms with Crippen LogP contribution in [0.5, 0.6) is 0 Å². The summed E-state index contributed by atoms with van der Waals surface area (Å²) >= 11 is 0. The summed E-state index contributed by atoms with van der Waals surface area (Å²) in [6.07, 6.45) is 60.6. The fourth-order valence-electron chi connectivity index (χ4n) is 8.49. The molecule has 0 aromatic rings. The number of aliphatic hydroxyl groups is 1. The fourth-order valence-corrected chi connectivity index (χ4v) is 9.28. The Bertz CT molecular complexity index is 1430. The average Bonchev–Trinajstić information content (AvgIpc) is 3.39. The molecule has 0 aliphatic heterocycles. The lowest BCUT2D eigenvalue weighted by Crippen LogP contribution is -2.30. The van der Waals surface area contributed by atoms with Crippen LogP contribution in [0.25, 0.3) is 0 Å². The number of aliphatic hydroxyl groups excluding tert-OH is 1. The van der Waals surface area contributed by atoms with E-state index in [9.17, 15) is 28.9 Å². The maximum Gasteiger partial charge on any atom is 0.472 e. The lowest BCUT2D eigenvalue weighted by Gasteiger charge is -2.21. The van der Waals surface area contributed by atoms with Gasteiger partial charge in [-0.25, -0.2) is 4.57 Å². The summed E-state index contributed by atoms with van der Waals surface area (Å²) in [5, 5.41) is 9.83. The number of phosphoric acid groups is 1. The van der Waals surface area contributed by atoms with Gasteiger partial charge in [0.05, 0.1) is 19.8 Å². The van der Waals surface area contributed by atoms with Crippen LogP contribution >= 0.6 is 7.82 Å². The van der Waals surface area contributed by atoms with Gasteiger partial charge in [0.15, 0.2) is 6.10 Å². The lowest BCUT2D eigenvalue weighted by molar-refractivity contribution is -0.161. The highest BCUT2D eigenvalue weighted by Crippen LogP contribution is 2.43. The second-order valence-electron chi connectivity index (χ2n) is 20.5. The van der Waals surface area contributed by atoms with Crippen LogP contribution in [-0.4, -0.2) is 66.5 Å². The first-order valence-electron chi connectivity index (χ1n) is 30.5. The van der Waals surface area contributed by atoms with Crippen LogP contribution in [0.1, 0.15) is 290 Å². The number of rotatable bonds is 57. The SMILES string of the molecule is CCCCC/C=C\C/C=C\CCCCCCCCCC(=O)OC(COC(=O)CCCCCCC/C=C\CCCCCCCC)COP(=O)(O)OCC(CO)OC(=O)CCCCCCC/C=C\CCCCCCCC. The van der Waals surface area contributed by atoms with Crippen LogP contribution in [0.3, 0.4) is 0 Å². The molecule has 2 N–H and O–H groups in total. The molecular formula is C62H113O11P. The van der Waals surface area contributed by atoms with Crippen molar-refractivity contribution in [3.8, 4) is 0 Å². The Balaban J connectivity index is 4.72. The van der Waals surface area contributed by atoms with E-state index in [0.29, 0.717) is 19.3 Å². The number of hydrogen-bond acceptors (Lipinski definition) is 10. The summed E-state index contributed by atoms with van der Waals surface area (Å²) < 4.78 is 39.6. The number of unbranched alkanes of at least 4 members (excludes halogenated alkanes) is 32. The number of ether oxygens (including phenoxy) is 3. The van der Waals surface area contributed by atoms with Gasteiger partial charge in [-0.05, 0) is 103 Å². The standard InChI is InChI=1S/C62H113O11P/c1-4-7-10-13-16-19-22-25-28-29-32-35-38-41-44-47-50-53-62(66)73-59(55-69-60(64)51-48-45-42-39-36-33-30-26-23-20-17-14-11-8-5-2)57-71-74(67,68)70-56-58(54-63)72-61(65)52-49-46-43-40-37-34-31-27-24-21-18-15-12-9-6-3/h16,19,25-28,30-31,58-59,63H,4-15,17-18,20-24,29,32-57H2,1-3H3,(H,67,68)/b19-16-,28-25-,30-26-,31-27-. The van der Waals surface area contributed by atoms with Gasteiger partial charge in [-0.2, -0.15) is 0 Å². The molecule has 432 valence electrons. The highest BCUT2D eigenvalue weighted by atomic mass is 31.2. The smallest absolute Gasteiger partial charge is 0.462 e. The van der Waals surface area contributed by atoms with Crippen LogP contribution in [0, 0.1) is 0 Å². The van der Waals surface area contributed by atoms with Crippen LogP contribution in [0.4, 0.5) is 0 Å². The summed E-state index contributed by atoms with van der Waals surface area (Å²) in [4.78, 5) is 48.6. The molecule has 0 saturated carbocycles. The van der Waals surface area contributed by atoms with Gasteiger partial charge in [0.1, 0.15) is 12.7 Å². The lowest BCUT2D eigenvalue weighted by atomic mass is 10.1. The zero-order valence-electron chi connectivity index (χ0n) is 47.8. The van der Waals surface area contributed by atoms with E-state index in [0.717, 1.165) is 116 Å². The molecule has 74 heavy (non-hydrogen) atoms. The van der Waals surface area contributed by atoms with Crippen LogP contribution < -0.4 is 0 Å². The minimum atomic E-state index is -4.75. The molecule has 0 aromatic heterocycles. The third-order valence-electron chi connectivity index (χ3n) is 13.2. The first-order valence-corrected chi connectivity index (χ1v) is 32.0. The molecule has 0 bridgehead atoms. The molecule has 0 fully saturated rings. The highest BCUT2D eigenvalue weighted by molar-refractivity contribution is 7.47. The van der Waals surface area contributed by atoms with Crippen molar-refractivity contribution in [1.82, 2.24) is 0 Å². The normalized spacial score (nSPS) is 13.6. The molecule has 11 nitrogen and oxygen atoms in total. The highest BCUT2D eigenvalue weighted by Gasteiger charge is 2.28. The van der Waals surface area contributed by atoms with Gasteiger partial charge in [0.25, 0.3) is 0 Å². The van der Waals surface area contributed by atoms with Crippen LogP contribution in [0.15, 0.2) is 48.6 Å². The van der Waals surface area contributed by atoms with Crippen molar-refractivity contribution in [3.05, 3.63) is 48.6 Å². The van der Waals surface area contributed by atoms with E-state index in [1.807, 2.05) is 0 Å². The molecule has 0 heterocycles. The van der Waals surface area contributed by atoms with E-state index < -0.39 is 57.8 Å². The Morgan fingerprint density at radius 3 is 1.04 bits per heavy atom. The number of allylic oxidation sites excluding steroid dienone is 8. The largest absolute Gasteiger partial charge is 0.472 e. The summed E-state index contributed by atoms with van der Waals surface area (Å²) in [6.45, 7) is 4.62. The Labute approximate surface area is 453 Å². The van der Waals surface area contributed by atoms with Gasteiger partial charge in [0, 0.05) is 19.3 Å². The third-order valence-corrected chi connectivity index (χ3v) is 14.1. The van der Waals surface area contributed by atoms with Crippen molar-refractivity contribution in [2.75, 3.05) is 26.4 Å². The summed E-state index contributed by atoms with van der Waals surface area (Å²) in [7, 11) is -4.75. The average molecular weight is 1070 g/mol. The van der Waals surface area contributed by atoms with Gasteiger partial charge < -0.3 is 24.2 Å². The number of hydrogen-bond donors (Lipinski definition) is 2. The van der Waals surface area contributed by atoms with Gasteiger partial charge in [0.2, 0.25) is 0 Å². The molecule has 0 aliphatic carbocycles. The van der Waals surface area contributed by atoms with Crippen molar-refractivity contribution in [3.63, 3.8) is 0 Å². The Morgan fingerprint density at radius 1 is 0.378 bits per heavy atom. The van der Waals surface area contributed by atoms with E-state index in [2.05, 4.69) is 69.4 Å². The van der Waals surface area contributed by atoms with E-state index in [4.69, 9.17) is 23.3 Å². The minimum absolute atomic E-state index is 0.158. The van der Waals surface area contributed by atoms with Crippen LogP contribution in [-0.2, 0) is 42.2 Å². The molecule has 3 unspecified atom stereocenters. The number of phosphoric ester groups is 1. The zero-order chi connectivity index (χ0) is 54.1. The van der Waals surface area contributed by atoms with Crippen molar-refractivity contribution in [2.45, 2.75) is 303 Å². The monoisotopic (exact) mass is 1060 g/mol. The topological polar surface area (TPSA) is 155 Å². The maximum absolute atomic E-state index is 12.9. The Hall–Kier alpha value is -2.56. The first kappa shape index (κ1) is 71.4. The van der Waals surface area contributed by atoms with E-state index >= 15 is 0 Å². The summed E-state index contributed by atoms with van der Waals surface area (Å²) in [5.41, 5.74) is 0. The minimum Gasteiger partial charge on any atom is -0.462 e. The molecule has 0 spiro atoms. The zero-order valence-corrected chi connectivity index (χ0v) is 48.7. The van der Waals surface area contributed by atoms with Gasteiger partial charge in [-0.15, -0.1) is 0 Å². The van der Waals surface area contributed by atoms with E-state index in [-0.39, 0.29) is 25.9 Å². The predicted octanol–water partition coefficient (Wildman–Crippen LogP) is 18.1. The van der Waals surface area contributed by atoms with Gasteiger partial charge in [-0.1, -0.05) is 217 Å². The Morgan fingerprint density at radius 2 is 0.662 bits per heavy atom. The van der Waals surface area contributed by atoms with Gasteiger partial charge >= 0.3 is 25.7 Å². The number of carbonyl (C=O) groups is 3. The molecular weight excluding hydrogens is 952 g/mol. The van der Waals surface area contributed by atoms with E-state index in [1.54, 1.807) is 0 Å². The molecule has 12 heteroatoms. The number of carbonyl (C=O) groups excluding carboxylic acids is 3. The van der Waals surface area contributed by atoms with E-state index in [1.165, 1.54) is 116 Å². The summed E-state index contributed by atoms with van der Waals surface area (Å²) in [5.74, 6) is -1.48. The molecule has 0 rings (SSSR count). The fraction of sp³-hybridized carbons (Fsp3) is 0.823. The Kier molecular flexibility index (Phi) is 54.7. The second kappa shape index (κ2) is 56.6. The van der Waals surface area contributed by atoms with Crippen molar-refractivity contribution in [1.29, 1.82) is 0 Å². The molecule has 0 saturated heterocycles. The molecule has 0 amide bonds. The summed E-state index contributed by atoms with van der Waals surface area (Å²) in [6, 6.07) is 0. The second-order valence-corrected chi connectivity index (χ2v) is 22.0. The number of esters is 3. The van der Waals surface area contributed by atoms with Gasteiger partial charge in [-0.3, -0.25) is 23.4 Å². The molecule has 0 aromatic carbocycles. The third kappa shape index (κ3) is 54.2. The first-order chi connectivity index (χ1) is 36.2. The van der Waals surface area contributed by atoms with Crippen LogP contribution in [0.2, 0.25) is 0 Å². The molecule has 0 radical (unpaired) electrons. The molecule has 0 aliphatic rings. The molecule has 3 atom stereocenters. The van der Waals surface area contributed by atoms with Crippen molar-refractivity contribution in [2.24, 2.45) is 0 Å².